The Balaban J connectivity index is 1.86. The van der Waals surface area contributed by atoms with Gasteiger partial charge in [0.05, 0.1) is 5.39 Å². The van der Waals surface area contributed by atoms with Crippen molar-refractivity contribution in [2.24, 2.45) is 5.92 Å². The summed E-state index contributed by atoms with van der Waals surface area (Å²) >= 11 is 1.67. The fourth-order valence-electron chi connectivity index (χ4n) is 3.35. The molecule has 0 saturated heterocycles. The summed E-state index contributed by atoms with van der Waals surface area (Å²) in [6, 6.07) is 10.00. The molecule has 0 aliphatic heterocycles. The van der Waals surface area contributed by atoms with E-state index >= 15 is 0 Å². The highest BCUT2D eigenvalue weighted by Crippen LogP contribution is 2.35. The van der Waals surface area contributed by atoms with E-state index in [1.807, 2.05) is 30.3 Å². The standard InChI is InChI=1S/C18H19N3OS/c1-11-7-8-14-13(9-11)16-17(23-14)20-15(21(19)18(16)22)10-12-5-3-2-4-6-12/h2-6,11H,7-10,19H2,1H3/t11-/m1/s1. The van der Waals surface area contributed by atoms with Gasteiger partial charge in [-0.25, -0.2) is 9.66 Å². The first-order valence-electron chi connectivity index (χ1n) is 7.98. The van der Waals surface area contributed by atoms with E-state index in [1.54, 1.807) is 11.3 Å². The van der Waals surface area contributed by atoms with Crippen molar-refractivity contribution in [2.75, 3.05) is 5.84 Å². The molecule has 4 nitrogen and oxygen atoms in total. The number of aromatic nitrogens is 2. The van der Waals surface area contributed by atoms with E-state index in [0.717, 1.165) is 28.6 Å². The predicted molar refractivity (Wildman–Crippen MR) is 94.5 cm³/mol. The molecular formula is C18H19N3OS. The van der Waals surface area contributed by atoms with Crippen LogP contribution in [0.25, 0.3) is 10.2 Å². The first-order valence-corrected chi connectivity index (χ1v) is 8.80. The second kappa shape index (κ2) is 5.49. The van der Waals surface area contributed by atoms with Gasteiger partial charge in [-0.3, -0.25) is 4.79 Å². The van der Waals surface area contributed by atoms with Gasteiger partial charge in [-0.2, -0.15) is 0 Å². The second-order valence-corrected chi connectivity index (χ2v) is 7.48. The molecule has 2 N–H and O–H groups in total. The highest BCUT2D eigenvalue weighted by atomic mass is 32.1. The Labute approximate surface area is 138 Å². The average molecular weight is 325 g/mol. The van der Waals surface area contributed by atoms with Crippen molar-refractivity contribution in [1.29, 1.82) is 0 Å². The molecule has 1 aliphatic carbocycles. The summed E-state index contributed by atoms with van der Waals surface area (Å²) in [4.78, 5) is 19.7. The number of aryl methyl sites for hydroxylation is 1. The van der Waals surface area contributed by atoms with Gasteiger partial charge in [0.25, 0.3) is 5.56 Å². The minimum absolute atomic E-state index is 0.104. The zero-order chi connectivity index (χ0) is 16.0. The van der Waals surface area contributed by atoms with Crippen molar-refractivity contribution in [2.45, 2.75) is 32.6 Å². The monoisotopic (exact) mass is 325 g/mol. The molecule has 0 amide bonds. The van der Waals surface area contributed by atoms with Crippen LogP contribution >= 0.6 is 11.3 Å². The summed E-state index contributed by atoms with van der Waals surface area (Å²) in [5.41, 5.74) is 2.19. The summed E-state index contributed by atoms with van der Waals surface area (Å²) in [6.07, 6.45) is 3.77. The van der Waals surface area contributed by atoms with Crippen LogP contribution in [0, 0.1) is 5.92 Å². The third-order valence-corrected chi connectivity index (χ3v) is 5.82. The van der Waals surface area contributed by atoms with Gasteiger partial charge in [-0.1, -0.05) is 37.3 Å². The van der Waals surface area contributed by atoms with Crippen LogP contribution in [0.2, 0.25) is 0 Å². The topological polar surface area (TPSA) is 60.9 Å². The number of fused-ring (bicyclic) bond motifs is 3. The molecule has 0 unspecified atom stereocenters. The maximum Gasteiger partial charge on any atom is 0.280 e. The molecule has 2 aromatic heterocycles. The molecule has 0 fully saturated rings. The van der Waals surface area contributed by atoms with E-state index in [0.29, 0.717) is 18.2 Å². The fraction of sp³-hybridized carbons (Fsp3) is 0.333. The van der Waals surface area contributed by atoms with Crippen LogP contribution < -0.4 is 11.4 Å². The lowest BCUT2D eigenvalue weighted by atomic mass is 9.89. The Bertz CT molecular complexity index is 927. The van der Waals surface area contributed by atoms with Crippen LogP contribution in [0.1, 0.15) is 35.2 Å². The minimum Gasteiger partial charge on any atom is -0.335 e. The summed E-state index contributed by atoms with van der Waals surface area (Å²) < 4.78 is 1.24. The maximum absolute atomic E-state index is 12.8. The lowest BCUT2D eigenvalue weighted by Crippen LogP contribution is -2.32. The lowest BCUT2D eigenvalue weighted by molar-refractivity contribution is 0.508. The molecule has 23 heavy (non-hydrogen) atoms. The van der Waals surface area contributed by atoms with Crippen LogP contribution in [-0.2, 0) is 19.3 Å². The van der Waals surface area contributed by atoms with E-state index in [-0.39, 0.29) is 5.56 Å². The van der Waals surface area contributed by atoms with E-state index in [9.17, 15) is 4.79 Å². The molecule has 4 rings (SSSR count). The van der Waals surface area contributed by atoms with Gasteiger partial charge in [0.1, 0.15) is 10.7 Å². The molecule has 3 aromatic rings. The van der Waals surface area contributed by atoms with Crippen molar-refractivity contribution in [1.82, 2.24) is 9.66 Å². The first kappa shape index (κ1) is 14.5. The molecule has 2 heterocycles. The minimum atomic E-state index is -0.104. The highest BCUT2D eigenvalue weighted by molar-refractivity contribution is 7.18. The largest absolute Gasteiger partial charge is 0.335 e. The number of thiophene rings is 1. The summed E-state index contributed by atoms with van der Waals surface area (Å²) in [5.74, 6) is 7.32. The Morgan fingerprint density at radius 2 is 2.13 bits per heavy atom. The van der Waals surface area contributed by atoms with E-state index in [2.05, 4.69) is 6.92 Å². The number of benzene rings is 1. The van der Waals surface area contributed by atoms with Crippen LogP contribution in [0.15, 0.2) is 35.1 Å². The van der Waals surface area contributed by atoms with Crippen LogP contribution in [0.4, 0.5) is 0 Å². The number of nitrogens with zero attached hydrogens (tertiary/aromatic N) is 2. The first-order chi connectivity index (χ1) is 11.1. The van der Waals surface area contributed by atoms with Gasteiger partial charge in [-0.15, -0.1) is 11.3 Å². The zero-order valence-electron chi connectivity index (χ0n) is 13.1. The third kappa shape index (κ3) is 2.45. The van der Waals surface area contributed by atoms with Gasteiger partial charge in [0.2, 0.25) is 0 Å². The second-order valence-electron chi connectivity index (χ2n) is 6.40. The number of hydrogen-bond acceptors (Lipinski definition) is 4. The van der Waals surface area contributed by atoms with Crippen LogP contribution in [0.5, 0.6) is 0 Å². The fourth-order valence-corrected chi connectivity index (χ4v) is 4.58. The molecule has 1 aromatic carbocycles. The molecule has 1 aliphatic rings. The summed E-state index contributed by atoms with van der Waals surface area (Å²) in [7, 11) is 0. The number of nitrogens with two attached hydrogens (primary N) is 1. The molecular weight excluding hydrogens is 306 g/mol. The average Bonchev–Trinajstić information content (AvgIpc) is 2.91. The SMILES string of the molecule is C[C@@H]1CCc2sc3nc(Cc4ccccc4)n(N)c(=O)c3c2C1. The van der Waals surface area contributed by atoms with Crippen molar-refractivity contribution >= 4 is 21.6 Å². The normalized spacial score (nSPS) is 17.3. The van der Waals surface area contributed by atoms with Gasteiger partial charge >= 0.3 is 0 Å². The molecule has 5 heteroatoms. The third-order valence-electron chi connectivity index (χ3n) is 4.64. The summed E-state index contributed by atoms with van der Waals surface area (Å²) in [5, 5.41) is 0.746. The van der Waals surface area contributed by atoms with Crippen LogP contribution in [0.3, 0.4) is 0 Å². The summed E-state index contributed by atoms with van der Waals surface area (Å²) in [6.45, 7) is 2.24. The predicted octanol–water partition coefficient (Wildman–Crippen LogP) is 2.89. The molecule has 0 radical (unpaired) electrons. The maximum atomic E-state index is 12.8. The van der Waals surface area contributed by atoms with Crippen molar-refractivity contribution < 1.29 is 0 Å². The molecule has 0 saturated carbocycles. The van der Waals surface area contributed by atoms with Crippen molar-refractivity contribution in [3.63, 3.8) is 0 Å². The zero-order valence-corrected chi connectivity index (χ0v) is 13.9. The quantitative estimate of drug-likeness (QED) is 0.737. The van der Waals surface area contributed by atoms with E-state index < -0.39 is 0 Å². The lowest BCUT2D eigenvalue weighted by Gasteiger charge is -2.17. The number of nitrogen functional groups attached to an aromatic ring is 1. The van der Waals surface area contributed by atoms with E-state index in [4.69, 9.17) is 10.8 Å². The Morgan fingerprint density at radius 1 is 1.35 bits per heavy atom. The van der Waals surface area contributed by atoms with Crippen LogP contribution in [-0.4, -0.2) is 9.66 Å². The highest BCUT2D eigenvalue weighted by Gasteiger charge is 2.24. The Kier molecular flexibility index (Phi) is 3.45. The number of rotatable bonds is 2. The molecule has 1 atom stereocenters. The molecule has 0 bridgehead atoms. The Hall–Kier alpha value is -2.14. The van der Waals surface area contributed by atoms with Gasteiger partial charge < -0.3 is 5.84 Å². The van der Waals surface area contributed by atoms with E-state index in [1.165, 1.54) is 21.5 Å². The Morgan fingerprint density at radius 3 is 2.91 bits per heavy atom. The van der Waals surface area contributed by atoms with Gasteiger partial charge in [0.15, 0.2) is 0 Å². The van der Waals surface area contributed by atoms with Crippen molar-refractivity contribution in [3.05, 3.63) is 62.5 Å². The van der Waals surface area contributed by atoms with Gasteiger partial charge in [-0.05, 0) is 36.3 Å². The van der Waals surface area contributed by atoms with Crippen molar-refractivity contribution in [3.8, 4) is 0 Å². The molecule has 0 spiro atoms. The number of hydrogen-bond donors (Lipinski definition) is 1. The molecule has 118 valence electrons. The smallest absolute Gasteiger partial charge is 0.280 e. The van der Waals surface area contributed by atoms with Gasteiger partial charge in [0, 0.05) is 11.3 Å².